The number of rotatable bonds is 4. The maximum atomic E-state index is 13.9. The predicted octanol–water partition coefficient (Wildman–Crippen LogP) is 1.45. The van der Waals surface area contributed by atoms with Gasteiger partial charge in [0.1, 0.15) is 67.0 Å². The zero-order valence-electron chi connectivity index (χ0n) is 28.5. The summed E-state index contributed by atoms with van der Waals surface area (Å²) < 4.78 is 63.5. The number of carbonyl (C=O) groups excluding carboxylic acids is 1. The number of nitrogens with zero attached hydrogens (tertiary/aromatic N) is 8. The predicted molar refractivity (Wildman–Crippen MR) is 192 cm³/mol. The summed E-state index contributed by atoms with van der Waals surface area (Å²) in [5.41, 5.74) is 12.8. The molecule has 55 heavy (non-hydrogen) atoms. The topological polar surface area (TPSA) is 291 Å². The zero-order chi connectivity index (χ0) is 38.5. The monoisotopic (exact) mass is 840 g/mol. The molecule has 26 heteroatoms. The maximum absolute atomic E-state index is 13.9. The van der Waals surface area contributed by atoms with Crippen LogP contribution in [0.4, 0.5) is 16.4 Å². The van der Waals surface area contributed by atoms with Gasteiger partial charge >= 0.3 is 6.16 Å². The van der Waals surface area contributed by atoms with Crippen molar-refractivity contribution in [2.75, 3.05) is 24.7 Å². The first-order valence-electron chi connectivity index (χ1n) is 17.0. The molecular formula is C29H34N10O12P2S2-2. The molecule has 11 atom stereocenters. The smallest absolute Gasteiger partial charge is 0.509 e. The van der Waals surface area contributed by atoms with Gasteiger partial charge in [-0.2, -0.15) is 0 Å². The zero-order valence-corrected chi connectivity index (χ0v) is 31.9. The second kappa shape index (κ2) is 15.5. The lowest BCUT2D eigenvalue weighted by Crippen LogP contribution is -2.40. The van der Waals surface area contributed by atoms with Crippen LogP contribution in [0, 0.1) is 0 Å². The van der Waals surface area contributed by atoms with Gasteiger partial charge < -0.3 is 70.8 Å². The third-order valence-electron chi connectivity index (χ3n) is 9.41. The van der Waals surface area contributed by atoms with Crippen LogP contribution in [0.5, 0.6) is 0 Å². The summed E-state index contributed by atoms with van der Waals surface area (Å²) in [5.74, 6) is 0.126. The third-order valence-corrected chi connectivity index (χ3v) is 12.5. The minimum absolute atomic E-state index is 0.0569. The van der Waals surface area contributed by atoms with E-state index in [2.05, 4.69) is 29.9 Å². The molecule has 4 aromatic heterocycles. The number of anilines is 2. The molecule has 1 aliphatic carbocycles. The lowest BCUT2D eigenvalue weighted by molar-refractivity contribution is -0.218. The number of allylic oxidation sites excluding steroid dienone is 1. The van der Waals surface area contributed by atoms with Gasteiger partial charge in [0.15, 0.2) is 41.5 Å². The van der Waals surface area contributed by atoms with E-state index in [9.17, 15) is 19.4 Å². The summed E-state index contributed by atoms with van der Waals surface area (Å²) in [5, 5.41) is 11.3. The number of ether oxygens (including phenoxy) is 4. The Morgan fingerprint density at radius 3 is 2.25 bits per heavy atom. The van der Waals surface area contributed by atoms with Crippen molar-refractivity contribution in [2.24, 2.45) is 0 Å². The SMILES string of the molecule is Nc1ncnc2c1ncn2[C@@H]1O[C@@H]2COP([O-])(=S)O[C@H]3[C@@H](OC(=O)OC4/C=C/CCCCC4)[C@H](n4cnc5c(N)ncnc54)O[C@@H]3COP(=O)([S-])O[C@@H]1[C@@H]2O. The van der Waals surface area contributed by atoms with Crippen molar-refractivity contribution in [1.82, 2.24) is 39.0 Å². The molecule has 296 valence electrons. The van der Waals surface area contributed by atoms with Crippen molar-refractivity contribution in [1.29, 1.82) is 0 Å². The van der Waals surface area contributed by atoms with Crippen molar-refractivity contribution >= 4 is 77.7 Å². The Balaban J connectivity index is 1.11. The van der Waals surface area contributed by atoms with Gasteiger partial charge in [0, 0.05) is 0 Å². The van der Waals surface area contributed by atoms with Crippen LogP contribution in [-0.4, -0.2) is 106 Å². The molecule has 0 saturated carbocycles. The molecule has 3 aliphatic heterocycles. The van der Waals surface area contributed by atoms with Crippen LogP contribution < -0.4 is 16.4 Å². The van der Waals surface area contributed by atoms with Crippen molar-refractivity contribution in [2.45, 2.75) is 87.3 Å². The average molecular weight is 841 g/mol. The van der Waals surface area contributed by atoms with Crippen molar-refractivity contribution in [3.05, 3.63) is 37.5 Å². The van der Waals surface area contributed by atoms with E-state index in [4.69, 9.17) is 72.6 Å². The number of carbonyl (C=O) groups is 1. The third kappa shape index (κ3) is 7.96. The lowest BCUT2D eigenvalue weighted by Gasteiger charge is -2.35. The van der Waals surface area contributed by atoms with E-state index in [0.29, 0.717) is 6.42 Å². The van der Waals surface area contributed by atoms with Crippen LogP contribution in [0.3, 0.4) is 0 Å². The minimum atomic E-state index is -4.57. The quantitative estimate of drug-likeness (QED) is 0.113. The number of hydrogen-bond donors (Lipinski definition) is 3. The van der Waals surface area contributed by atoms with Crippen molar-refractivity contribution in [3.63, 3.8) is 0 Å². The van der Waals surface area contributed by atoms with E-state index in [1.54, 1.807) is 6.08 Å². The molecule has 4 aromatic rings. The molecule has 4 aliphatic rings. The highest BCUT2D eigenvalue weighted by Crippen LogP contribution is 2.54. The second-order valence-electron chi connectivity index (χ2n) is 13.0. The Labute approximate surface area is 321 Å². The van der Waals surface area contributed by atoms with Crippen LogP contribution in [0.25, 0.3) is 22.3 Å². The van der Waals surface area contributed by atoms with Gasteiger partial charge in [-0.3, -0.25) is 13.7 Å². The van der Waals surface area contributed by atoms with E-state index in [1.165, 1.54) is 34.4 Å². The van der Waals surface area contributed by atoms with Crippen LogP contribution >= 0.6 is 13.5 Å². The second-order valence-corrected chi connectivity index (χ2v) is 18.4. The van der Waals surface area contributed by atoms with Crippen LogP contribution in [-0.2, 0) is 65.7 Å². The van der Waals surface area contributed by atoms with Gasteiger partial charge in [0.25, 0.3) is 0 Å². The normalized spacial score (nSPS) is 36.5. The van der Waals surface area contributed by atoms with E-state index < -0.39 is 88.1 Å². The molecule has 0 radical (unpaired) electrons. The van der Waals surface area contributed by atoms with Gasteiger partial charge in [0.2, 0.25) is 6.80 Å². The van der Waals surface area contributed by atoms with Crippen LogP contribution in [0.2, 0.25) is 0 Å². The van der Waals surface area contributed by atoms with Gasteiger partial charge in [-0.1, -0.05) is 24.3 Å². The number of fused-ring (bicyclic) bond motifs is 5. The van der Waals surface area contributed by atoms with Crippen molar-refractivity contribution in [3.8, 4) is 0 Å². The van der Waals surface area contributed by atoms with Crippen molar-refractivity contribution < 1.29 is 56.4 Å². The fourth-order valence-corrected chi connectivity index (χ4v) is 9.63. The molecule has 5 N–H and O–H groups in total. The molecule has 0 amide bonds. The summed E-state index contributed by atoms with van der Waals surface area (Å²) >= 11 is 10.6. The van der Waals surface area contributed by atoms with E-state index >= 15 is 0 Å². The first-order chi connectivity index (χ1) is 26.4. The maximum Gasteiger partial charge on any atom is 0.509 e. The lowest BCUT2D eigenvalue weighted by atomic mass is 10.0. The highest BCUT2D eigenvalue weighted by molar-refractivity contribution is 8.32. The molecule has 22 nitrogen and oxygen atoms in total. The highest BCUT2D eigenvalue weighted by atomic mass is 32.7. The van der Waals surface area contributed by atoms with E-state index in [0.717, 1.165) is 25.7 Å². The molecular weight excluding hydrogens is 806 g/mol. The first kappa shape index (κ1) is 38.5. The summed E-state index contributed by atoms with van der Waals surface area (Å²) in [4.78, 5) is 52.2. The molecule has 0 spiro atoms. The summed E-state index contributed by atoms with van der Waals surface area (Å²) in [6, 6.07) is 0. The van der Waals surface area contributed by atoms with Crippen LogP contribution in [0.15, 0.2) is 37.5 Å². The molecule has 8 rings (SSSR count). The average Bonchev–Trinajstić information content (AvgIpc) is 3.89. The summed E-state index contributed by atoms with van der Waals surface area (Å²) in [7, 11) is 0. The number of aliphatic hydroxyl groups is 1. The summed E-state index contributed by atoms with van der Waals surface area (Å²) in [6.07, 6.45) is -0.0412. The van der Waals surface area contributed by atoms with Crippen LogP contribution in [0.1, 0.15) is 44.6 Å². The molecule has 3 fully saturated rings. The van der Waals surface area contributed by atoms with Gasteiger partial charge in [-0.05, 0) is 31.8 Å². The molecule has 0 aromatic carbocycles. The standard InChI is InChI=1S/C29H36N10O12P2S2/c30-23-17-25(34-10-32-23)38(12-36-17)27-21-19(40)15(47-27)8-44-52(42,54)50-20-16(9-45-53(43,55)51-21)48-28(39-13-37-18-24(31)33-11-35-26(18)39)22(20)49-29(41)46-14-6-4-2-1-3-5-7-14/h4,6,10-16,19-22,27-28,40H,1-3,5,7-9H2,(H,42,54)(H,43,55)(H2,30,32,34)(H2,31,33,35)/p-2/b6-4+/t14?,15-,16-,19-,20-,21-,22-,27-,28-,52?,53?/m1/s1. The minimum Gasteiger partial charge on any atom is -0.780 e. The Hall–Kier alpha value is -3.38. The number of aromatic nitrogens is 8. The number of hydrogen-bond acceptors (Lipinski definition) is 22. The van der Waals surface area contributed by atoms with Gasteiger partial charge in [-0.15, -0.1) is 0 Å². The Morgan fingerprint density at radius 1 is 0.891 bits per heavy atom. The number of nitrogen functional groups attached to an aromatic ring is 2. The highest BCUT2D eigenvalue weighted by Gasteiger charge is 2.53. The number of imidazole rings is 2. The Morgan fingerprint density at radius 2 is 1.55 bits per heavy atom. The fourth-order valence-electron chi connectivity index (χ4n) is 6.80. The molecule has 2 bridgehead atoms. The Bertz CT molecular complexity index is 2200. The fraction of sp³-hybridized carbons (Fsp3) is 0.552. The number of nitrogens with two attached hydrogens (primary N) is 2. The number of aliphatic hydroxyl groups excluding tert-OH is 1. The van der Waals surface area contributed by atoms with Gasteiger partial charge in [-0.25, -0.2) is 34.7 Å². The molecule has 3 saturated heterocycles. The van der Waals surface area contributed by atoms with E-state index in [1.807, 2.05) is 6.08 Å². The van der Waals surface area contributed by atoms with Gasteiger partial charge in [0.05, 0.1) is 25.9 Å². The first-order valence-corrected chi connectivity index (χ1v) is 22.2. The summed E-state index contributed by atoms with van der Waals surface area (Å²) in [6.45, 7) is -10.4. The Kier molecular flexibility index (Phi) is 10.9. The molecule has 3 unspecified atom stereocenters. The van der Waals surface area contributed by atoms with E-state index in [-0.39, 0.29) is 34.0 Å². The molecule has 7 heterocycles. The largest absolute Gasteiger partial charge is 0.780 e.